The lowest BCUT2D eigenvalue weighted by atomic mass is 9.86. The van der Waals surface area contributed by atoms with Crippen molar-refractivity contribution in [2.75, 3.05) is 25.6 Å². The summed E-state index contributed by atoms with van der Waals surface area (Å²) in [5.74, 6) is 2.07. The van der Waals surface area contributed by atoms with E-state index in [2.05, 4.69) is 12.2 Å². The van der Waals surface area contributed by atoms with Crippen LogP contribution in [0.5, 0.6) is 11.5 Å². The monoisotopic (exact) mass is 279 g/mol. The minimum atomic E-state index is 0.000466. The summed E-state index contributed by atoms with van der Waals surface area (Å²) >= 11 is 0. The molecule has 0 spiro atoms. The Morgan fingerprint density at radius 3 is 2.75 bits per heavy atom. The third-order valence-corrected chi connectivity index (χ3v) is 3.98. The van der Waals surface area contributed by atoms with E-state index in [0.29, 0.717) is 23.5 Å². The van der Waals surface area contributed by atoms with Crippen molar-refractivity contribution in [1.82, 2.24) is 0 Å². The Morgan fingerprint density at radius 1 is 1.25 bits per heavy atom. The number of anilines is 1. The number of benzene rings is 1. The highest BCUT2D eigenvalue weighted by molar-refractivity contribution is 5.55. The van der Waals surface area contributed by atoms with Gasteiger partial charge in [0.2, 0.25) is 0 Å². The number of aliphatic hydroxyl groups excluding tert-OH is 1. The van der Waals surface area contributed by atoms with Crippen LogP contribution in [-0.4, -0.2) is 31.5 Å². The fourth-order valence-corrected chi connectivity index (χ4v) is 2.78. The van der Waals surface area contributed by atoms with E-state index in [9.17, 15) is 0 Å². The van der Waals surface area contributed by atoms with Gasteiger partial charge in [-0.25, -0.2) is 0 Å². The molecule has 1 fully saturated rings. The molecule has 0 radical (unpaired) electrons. The Morgan fingerprint density at radius 2 is 2.05 bits per heavy atom. The second-order valence-corrected chi connectivity index (χ2v) is 5.45. The molecule has 0 aliphatic heterocycles. The van der Waals surface area contributed by atoms with Gasteiger partial charge >= 0.3 is 0 Å². The van der Waals surface area contributed by atoms with Crippen LogP contribution in [0.3, 0.4) is 0 Å². The molecule has 0 amide bonds. The highest BCUT2D eigenvalue weighted by atomic mass is 16.5. The summed E-state index contributed by atoms with van der Waals surface area (Å²) in [5.41, 5.74) is 1.05. The summed E-state index contributed by atoms with van der Waals surface area (Å²) in [7, 11) is 1.62. The van der Waals surface area contributed by atoms with Gasteiger partial charge in [-0.05, 0) is 30.9 Å². The maximum Gasteiger partial charge on any atom is 0.163 e. The minimum absolute atomic E-state index is 0.000466. The average Bonchev–Trinajstić information content (AvgIpc) is 2.47. The van der Waals surface area contributed by atoms with Crippen LogP contribution in [0.15, 0.2) is 18.2 Å². The number of hydrogen-bond acceptors (Lipinski definition) is 4. The first-order valence-electron chi connectivity index (χ1n) is 7.43. The molecular weight excluding hydrogens is 254 g/mol. The van der Waals surface area contributed by atoms with Crippen molar-refractivity contribution in [2.45, 2.75) is 38.6 Å². The zero-order chi connectivity index (χ0) is 14.4. The van der Waals surface area contributed by atoms with Crippen molar-refractivity contribution in [2.24, 2.45) is 5.92 Å². The van der Waals surface area contributed by atoms with E-state index in [1.807, 2.05) is 18.2 Å². The molecule has 1 aromatic rings. The second-order valence-electron chi connectivity index (χ2n) is 5.45. The molecule has 20 heavy (non-hydrogen) atoms. The summed E-state index contributed by atoms with van der Waals surface area (Å²) in [6, 6.07) is 6.41. The van der Waals surface area contributed by atoms with Gasteiger partial charge in [0, 0.05) is 17.8 Å². The number of rotatable bonds is 6. The zero-order valence-corrected chi connectivity index (χ0v) is 12.4. The quantitative estimate of drug-likeness (QED) is 0.840. The number of nitrogens with one attached hydrogen (secondary N) is 1. The fourth-order valence-electron chi connectivity index (χ4n) is 2.78. The molecule has 0 bridgehead atoms. The van der Waals surface area contributed by atoms with E-state index in [0.717, 1.165) is 5.69 Å². The molecule has 0 heterocycles. The SMILES string of the molecule is COc1ccc(NC2CCCCC2C)cc1OCCO. The van der Waals surface area contributed by atoms with E-state index in [1.54, 1.807) is 7.11 Å². The molecule has 4 nitrogen and oxygen atoms in total. The van der Waals surface area contributed by atoms with E-state index < -0.39 is 0 Å². The molecule has 4 heteroatoms. The van der Waals surface area contributed by atoms with Gasteiger partial charge in [0.25, 0.3) is 0 Å². The second kappa shape index (κ2) is 7.39. The lowest BCUT2D eigenvalue weighted by Crippen LogP contribution is -2.30. The van der Waals surface area contributed by atoms with Gasteiger partial charge < -0.3 is 19.9 Å². The maximum absolute atomic E-state index is 8.87. The van der Waals surface area contributed by atoms with Crippen molar-refractivity contribution < 1.29 is 14.6 Å². The first-order valence-corrected chi connectivity index (χ1v) is 7.43. The standard InChI is InChI=1S/C16H25NO3/c1-12-5-3-4-6-14(12)17-13-7-8-15(19-2)16(11-13)20-10-9-18/h7-8,11-12,14,17-18H,3-6,9-10H2,1-2H3. The highest BCUT2D eigenvalue weighted by Crippen LogP contribution is 2.32. The van der Waals surface area contributed by atoms with E-state index >= 15 is 0 Å². The fraction of sp³-hybridized carbons (Fsp3) is 0.625. The van der Waals surface area contributed by atoms with Gasteiger partial charge in [0.1, 0.15) is 6.61 Å². The van der Waals surface area contributed by atoms with Crippen LogP contribution in [0, 0.1) is 5.92 Å². The van der Waals surface area contributed by atoms with Gasteiger partial charge in [-0.1, -0.05) is 19.8 Å². The average molecular weight is 279 g/mol. The lowest BCUT2D eigenvalue weighted by Gasteiger charge is -2.30. The van der Waals surface area contributed by atoms with E-state index in [4.69, 9.17) is 14.6 Å². The summed E-state index contributed by atoms with van der Waals surface area (Å²) < 4.78 is 10.8. The van der Waals surface area contributed by atoms with Crippen LogP contribution in [0.1, 0.15) is 32.6 Å². The van der Waals surface area contributed by atoms with Crippen LogP contribution in [0.2, 0.25) is 0 Å². The molecule has 1 saturated carbocycles. The third-order valence-electron chi connectivity index (χ3n) is 3.98. The van der Waals surface area contributed by atoms with Crippen molar-refractivity contribution in [3.05, 3.63) is 18.2 Å². The molecule has 1 aliphatic carbocycles. The largest absolute Gasteiger partial charge is 0.493 e. The Kier molecular flexibility index (Phi) is 5.53. The summed E-state index contributed by atoms with van der Waals surface area (Å²) in [6.07, 6.45) is 5.15. The van der Waals surface area contributed by atoms with Crippen molar-refractivity contribution >= 4 is 5.69 Å². The van der Waals surface area contributed by atoms with Crippen LogP contribution < -0.4 is 14.8 Å². The van der Waals surface area contributed by atoms with E-state index in [1.165, 1.54) is 25.7 Å². The van der Waals surface area contributed by atoms with Crippen LogP contribution in [0.25, 0.3) is 0 Å². The molecule has 2 N–H and O–H groups in total. The molecule has 112 valence electrons. The molecule has 2 unspecified atom stereocenters. The number of methoxy groups -OCH3 is 1. The molecule has 1 aliphatic rings. The molecule has 2 rings (SSSR count). The predicted octanol–water partition coefficient (Wildman–Crippen LogP) is 3.06. The predicted molar refractivity (Wildman–Crippen MR) is 80.6 cm³/mol. The topological polar surface area (TPSA) is 50.7 Å². The van der Waals surface area contributed by atoms with Crippen LogP contribution in [-0.2, 0) is 0 Å². The first-order chi connectivity index (χ1) is 9.74. The normalized spacial score (nSPS) is 22.4. The number of ether oxygens (including phenoxy) is 2. The summed E-state index contributed by atoms with van der Waals surface area (Å²) in [6.45, 7) is 2.59. The first kappa shape index (κ1) is 15.0. The Balaban J connectivity index is 2.07. The van der Waals surface area contributed by atoms with Gasteiger partial charge in [0.05, 0.1) is 13.7 Å². The van der Waals surface area contributed by atoms with Gasteiger partial charge in [0.15, 0.2) is 11.5 Å². The third kappa shape index (κ3) is 3.79. The molecule has 0 saturated heterocycles. The van der Waals surface area contributed by atoms with Gasteiger partial charge in [-0.2, -0.15) is 0 Å². The molecule has 1 aromatic carbocycles. The molecular formula is C16H25NO3. The Hall–Kier alpha value is -1.42. The minimum Gasteiger partial charge on any atom is -0.493 e. The smallest absolute Gasteiger partial charge is 0.163 e. The van der Waals surface area contributed by atoms with E-state index in [-0.39, 0.29) is 13.2 Å². The van der Waals surface area contributed by atoms with Crippen molar-refractivity contribution in [3.63, 3.8) is 0 Å². The Bertz CT molecular complexity index is 422. The lowest BCUT2D eigenvalue weighted by molar-refractivity contribution is 0.196. The maximum atomic E-state index is 8.87. The zero-order valence-electron chi connectivity index (χ0n) is 12.4. The number of hydrogen-bond donors (Lipinski definition) is 2. The van der Waals surface area contributed by atoms with Gasteiger partial charge in [-0.3, -0.25) is 0 Å². The van der Waals surface area contributed by atoms with Gasteiger partial charge in [-0.15, -0.1) is 0 Å². The molecule has 2 atom stereocenters. The summed E-state index contributed by atoms with van der Waals surface area (Å²) in [5, 5.41) is 12.5. The van der Waals surface area contributed by atoms with Crippen molar-refractivity contribution in [1.29, 1.82) is 0 Å². The van der Waals surface area contributed by atoms with Crippen LogP contribution >= 0.6 is 0 Å². The number of aliphatic hydroxyl groups is 1. The molecule has 0 aromatic heterocycles. The highest BCUT2D eigenvalue weighted by Gasteiger charge is 2.21. The van der Waals surface area contributed by atoms with Crippen LogP contribution in [0.4, 0.5) is 5.69 Å². The Labute approximate surface area is 121 Å². The summed E-state index contributed by atoms with van der Waals surface area (Å²) in [4.78, 5) is 0. The van der Waals surface area contributed by atoms with Crippen molar-refractivity contribution in [3.8, 4) is 11.5 Å².